The Morgan fingerprint density at radius 1 is 1.33 bits per heavy atom. The van der Waals surface area contributed by atoms with Crippen LogP contribution in [0.15, 0.2) is 30.3 Å². The zero-order valence-corrected chi connectivity index (χ0v) is 13.9. The molecule has 3 rings (SSSR count). The maximum atomic E-state index is 11.4. The Kier molecular flexibility index (Phi) is 4.20. The van der Waals surface area contributed by atoms with E-state index in [4.69, 9.17) is 4.74 Å². The number of aromatic carboxylic acids is 1. The maximum absolute atomic E-state index is 11.4. The van der Waals surface area contributed by atoms with Gasteiger partial charge in [-0.3, -0.25) is 0 Å². The SMILES string of the molecule is CCCc1cc(C(=O)O)nc2c(-c3cccc(OC)c3)c(C)nn12. The van der Waals surface area contributed by atoms with Crippen LogP contribution in [0.1, 0.15) is 35.2 Å². The highest BCUT2D eigenvalue weighted by atomic mass is 16.5. The van der Waals surface area contributed by atoms with E-state index >= 15 is 0 Å². The number of fused-ring (bicyclic) bond motifs is 1. The van der Waals surface area contributed by atoms with E-state index in [0.29, 0.717) is 5.65 Å². The van der Waals surface area contributed by atoms with E-state index in [1.54, 1.807) is 17.7 Å². The summed E-state index contributed by atoms with van der Waals surface area (Å²) >= 11 is 0. The summed E-state index contributed by atoms with van der Waals surface area (Å²) < 4.78 is 7.04. The fraction of sp³-hybridized carbons (Fsp3) is 0.278. The fourth-order valence-corrected chi connectivity index (χ4v) is 2.84. The monoisotopic (exact) mass is 325 g/mol. The summed E-state index contributed by atoms with van der Waals surface area (Å²) in [5.74, 6) is -0.306. The molecular weight excluding hydrogens is 306 g/mol. The predicted octanol–water partition coefficient (Wildman–Crippen LogP) is 3.36. The van der Waals surface area contributed by atoms with E-state index in [1.165, 1.54) is 0 Å². The van der Waals surface area contributed by atoms with Crippen LogP contribution in [-0.2, 0) is 6.42 Å². The van der Waals surface area contributed by atoms with Crippen LogP contribution in [0, 0.1) is 6.92 Å². The first-order chi connectivity index (χ1) is 11.5. The molecule has 0 amide bonds. The number of nitrogens with zero attached hydrogens (tertiary/aromatic N) is 3. The number of aryl methyl sites for hydroxylation is 2. The van der Waals surface area contributed by atoms with Gasteiger partial charge in [0.1, 0.15) is 5.75 Å². The number of methoxy groups -OCH3 is 1. The molecule has 0 unspecified atom stereocenters. The summed E-state index contributed by atoms with van der Waals surface area (Å²) in [6, 6.07) is 9.20. The molecule has 1 N–H and O–H groups in total. The number of ether oxygens (including phenoxy) is 1. The molecule has 1 aromatic carbocycles. The van der Waals surface area contributed by atoms with Gasteiger partial charge in [0.2, 0.25) is 0 Å². The van der Waals surface area contributed by atoms with Gasteiger partial charge in [-0.05, 0) is 37.1 Å². The van der Waals surface area contributed by atoms with E-state index in [1.807, 2.05) is 38.1 Å². The minimum Gasteiger partial charge on any atom is -0.497 e. The zero-order chi connectivity index (χ0) is 17.3. The van der Waals surface area contributed by atoms with E-state index in [0.717, 1.165) is 41.1 Å². The Balaban J connectivity index is 2.31. The number of hydrogen-bond acceptors (Lipinski definition) is 4. The van der Waals surface area contributed by atoms with Crippen molar-refractivity contribution in [3.8, 4) is 16.9 Å². The average Bonchev–Trinajstić information content (AvgIpc) is 2.91. The van der Waals surface area contributed by atoms with Crippen LogP contribution in [0.2, 0.25) is 0 Å². The molecule has 0 bridgehead atoms. The number of benzene rings is 1. The molecule has 0 aliphatic carbocycles. The third-order valence-electron chi connectivity index (χ3n) is 3.92. The Morgan fingerprint density at radius 3 is 2.79 bits per heavy atom. The number of carboxylic acids is 1. The van der Waals surface area contributed by atoms with Gasteiger partial charge < -0.3 is 9.84 Å². The Bertz CT molecular complexity index is 915. The summed E-state index contributed by atoms with van der Waals surface area (Å²) in [7, 11) is 1.61. The lowest BCUT2D eigenvalue weighted by Crippen LogP contribution is -2.07. The van der Waals surface area contributed by atoms with E-state index in [9.17, 15) is 9.90 Å². The van der Waals surface area contributed by atoms with Crippen LogP contribution >= 0.6 is 0 Å². The summed E-state index contributed by atoms with van der Waals surface area (Å²) in [5.41, 5.74) is 3.97. The molecule has 6 nitrogen and oxygen atoms in total. The van der Waals surface area contributed by atoms with Gasteiger partial charge in [-0.15, -0.1) is 0 Å². The van der Waals surface area contributed by atoms with Crippen molar-refractivity contribution in [3.63, 3.8) is 0 Å². The Hall–Kier alpha value is -2.89. The third kappa shape index (κ3) is 2.71. The van der Waals surface area contributed by atoms with Crippen LogP contribution in [-0.4, -0.2) is 32.8 Å². The molecule has 2 aromatic heterocycles. The molecule has 0 saturated carbocycles. The quantitative estimate of drug-likeness (QED) is 0.778. The second-order valence-electron chi connectivity index (χ2n) is 5.62. The highest BCUT2D eigenvalue weighted by Gasteiger charge is 2.18. The van der Waals surface area contributed by atoms with Crippen LogP contribution in [0.4, 0.5) is 0 Å². The molecule has 0 spiro atoms. The van der Waals surface area contributed by atoms with Crippen LogP contribution in [0.5, 0.6) is 5.75 Å². The third-order valence-corrected chi connectivity index (χ3v) is 3.92. The molecule has 2 heterocycles. The Labute approximate surface area is 139 Å². The van der Waals surface area contributed by atoms with Gasteiger partial charge in [0.05, 0.1) is 12.8 Å². The maximum Gasteiger partial charge on any atom is 0.354 e. The van der Waals surface area contributed by atoms with Crippen molar-refractivity contribution in [2.75, 3.05) is 7.11 Å². The van der Waals surface area contributed by atoms with Crippen molar-refractivity contribution >= 4 is 11.6 Å². The van der Waals surface area contributed by atoms with E-state index in [2.05, 4.69) is 10.1 Å². The van der Waals surface area contributed by atoms with Gasteiger partial charge in [-0.1, -0.05) is 25.5 Å². The zero-order valence-electron chi connectivity index (χ0n) is 13.9. The Morgan fingerprint density at radius 2 is 2.12 bits per heavy atom. The van der Waals surface area contributed by atoms with Crippen LogP contribution < -0.4 is 4.74 Å². The summed E-state index contributed by atoms with van der Waals surface area (Å²) in [6.45, 7) is 3.95. The fourth-order valence-electron chi connectivity index (χ4n) is 2.84. The predicted molar refractivity (Wildman–Crippen MR) is 90.7 cm³/mol. The van der Waals surface area contributed by atoms with Crippen molar-refractivity contribution in [3.05, 3.63) is 47.4 Å². The lowest BCUT2D eigenvalue weighted by atomic mass is 10.1. The lowest BCUT2D eigenvalue weighted by molar-refractivity contribution is 0.0690. The van der Waals surface area contributed by atoms with Crippen molar-refractivity contribution in [1.82, 2.24) is 14.6 Å². The molecule has 24 heavy (non-hydrogen) atoms. The normalized spacial score (nSPS) is 11.0. The second-order valence-corrected chi connectivity index (χ2v) is 5.62. The molecular formula is C18H19N3O3. The number of carbonyl (C=O) groups is 1. The molecule has 0 saturated heterocycles. The van der Waals surface area contributed by atoms with Crippen molar-refractivity contribution < 1.29 is 14.6 Å². The van der Waals surface area contributed by atoms with Gasteiger partial charge in [-0.2, -0.15) is 5.10 Å². The van der Waals surface area contributed by atoms with Crippen molar-refractivity contribution in [1.29, 1.82) is 0 Å². The van der Waals surface area contributed by atoms with Crippen LogP contribution in [0.3, 0.4) is 0 Å². The van der Waals surface area contributed by atoms with Gasteiger partial charge in [0.15, 0.2) is 11.3 Å². The summed E-state index contributed by atoms with van der Waals surface area (Å²) in [4.78, 5) is 15.8. The largest absolute Gasteiger partial charge is 0.497 e. The topological polar surface area (TPSA) is 76.7 Å². The molecule has 3 aromatic rings. The lowest BCUT2D eigenvalue weighted by Gasteiger charge is -2.07. The molecule has 0 atom stereocenters. The van der Waals surface area contributed by atoms with Gasteiger partial charge in [0.25, 0.3) is 0 Å². The summed E-state index contributed by atoms with van der Waals surface area (Å²) in [5, 5.41) is 14.0. The smallest absolute Gasteiger partial charge is 0.354 e. The number of rotatable bonds is 5. The summed E-state index contributed by atoms with van der Waals surface area (Å²) in [6.07, 6.45) is 1.63. The standard InChI is InChI=1S/C18H19N3O3/c1-4-6-13-10-15(18(22)23)19-17-16(11(2)20-21(13)17)12-7-5-8-14(9-12)24-3/h5,7-10H,4,6H2,1-3H3,(H,22,23). The highest BCUT2D eigenvalue weighted by molar-refractivity contribution is 5.88. The minimum atomic E-state index is -1.04. The number of hydrogen-bond donors (Lipinski definition) is 1. The molecule has 124 valence electrons. The number of carboxylic acid groups (broad SMARTS) is 1. The molecule has 6 heteroatoms. The van der Waals surface area contributed by atoms with Crippen molar-refractivity contribution in [2.45, 2.75) is 26.7 Å². The second kappa shape index (κ2) is 6.31. The molecule has 0 aliphatic heterocycles. The first-order valence-corrected chi connectivity index (χ1v) is 7.82. The average molecular weight is 325 g/mol. The molecule has 0 radical (unpaired) electrons. The van der Waals surface area contributed by atoms with Gasteiger partial charge >= 0.3 is 5.97 Å². The molecule has 0 fully saturated rings. The first kappa shape index (κ1) is 16.0. The number of aromatic nitrogens is 3. The first-order valence-electron chi connectivity index (χ1n) is 7.82. The minimum absolute atomic E-state index is 0.0370. The molecule has 0 aliphatic rings. The van der Waals surface area contributed by atoms with E-state index < -0.39 is 5.97 Å². The van der Waals surface area contributed by atoms with Gasteiger partial charge in [0, 0.05) is 11.3 Å². The highest BCUT2D eigenvalue weighted by Crippen LogP contribution is 2.30. The van der Waals surface area contributed by atoms with E-state index in [-0.39, 0.29) is 5.69 Å². The van der Waals surface area contributed by atoms with Crippen LogP contribution in [0.25, 0.3) is 16.8 Å². The van der Waals surface area contributed by atoms with Crippen molar-refractivity contribution in [2.24, 2.45) is 0 Å². The van der Waals surface area contributed by atoms with Gasteiger partial charge in [-0.25, -0.2) is 14.3 Å².